The molecule has 108 valence electrons. The number of hydrogen-bond acceptors (Lipinski definition) is 1. The lowest BCUT2D eigenvalue weighted by atomic mass is 9.53. The van der Waals surface area contributed by atoms with Crippen molar-refractivity contribution in [3.8, 4) is 0 Å². The Balaban J connectivity index is 1.83. The standard InChI is InChI=1S/C19H27N/c1-18-12-14-8-4-5-9-15(14)13-19(18,2)20(3)17-11-7-6-10-16(17)18/h6-7,10-11,14-15H,4-5,8-9,12-13H2,1-3H3. The summed E-state index contributed by atoms with van der Waals surface area (Å²) < 4.78 is 0. The first-order valence-electron chi connectivity index (χ1n) is 8.40. The molecule has 4 atom stereocenters. The smallest absolute Gasteiger partial charge is 0.0468 e. The SMILES string of the molecule is CN1c2ccccc2C2(C)CC3CCCCC3CC12C. The summed E-state index contributed by atoms with van der Waals surface area (Å²) in [5.41, 5.74) is 3.75. The minimum atomic E-state index is 0.315. The number of benzene rings is 1. The molecule has 1 heterocycles. The summed E-state index contributed by atoms with van der Waals surface area (Å²) in [4.78, 5) is 2.60. The fraction of sp³-hybridized carbons (Fsp3) is 0.684. The molecule has 4 rings (SSSR count). The van der Waals surface area contributed by atoms with E-state index in [0.717, 1.165) is 11.8 Å². The van der Waals surface area contributed by atoms with Gasteiger partial charge in [0.2, 0.25) is 0 Å². The molecule has 2 saturated carbocycles. The molecule has 4 unspecified atom stereocenters. The molecule has 0 radical (unpaired) electrons. The zero-order valence-electron chi connectivity index (χ0n) is 13.2. The molecule has 0 saturated heterocycles. The molecule has 1 aromatic carbocycles. The second-order valence-electron chi connectivity index (χ2n) is 7.89. The van der Waals surface area contributed by atoms with E-state index in [-0.39, 0.29) is 0 Å². The first-order chi connectivity index (χ1) is 9.56. The van der Waals surface area contributed by atoms with Crippen LogP contribution in [0.1, 0.15) is 57.9 Å². The fourth-order valence-electron chi connectivity index (χ4n) is 5.71. The van der Waals surface area contributed by atoms with E-state index < -0.39 is 0 Å². The van der Waals surface area contributed by atoms with E-state index in [2.05, 4.69) is 50.1 Å². The summed E-state index contributed by atoms with van der Waals surface area (Å²) in [5, 5.41) is 0. The van der Waals surface area contributed by atoms with Crippen molar-refractivity contribution in [3.63, 3.8) is 0 Å². The van der Waals surface area contributed by atoms with Gasteiger partial charge in [0.1, 0.15) is 0 Å². The average Bonchev–Trinajstić information content (AvgIpc) is 2.63. The van der Waals surface area contributed by atoms with Gasteiger partial charge in [-0.2, -0.15) is 0 Å². The fourth-order valence-corrected chi connectivity index (χ4v) is 5.71. The van der Waals surface area contributed by atoms with Crippen LogP contribution >= 0.6 is 0 Å². The highest BCUT2D eigenvalue weighted by Gasteiger charge is 2.59. The number of anilines is 1. The van der Waals surface area contributed by atoms with Crippen molar-refractivity contribution in [2.24, 2.45) is 11.8 Å². The van der Waals surface area contributed by atoms with Gasteiger partial charge in [0.25, 0.3) is 0 Å². The summed E-state index contributed by atoms with van der Waals surface area (Å²) in [7, 11) is 2.33. The highest BCUT2D eigenvalue weighted by molar-refractivity contribution is 5.66. The van der Waals surface area contributed by atoms with Gasteiger partial charge in [0.15, 0.2) is 0 Å². The Morgan fingerprint density at radius 2 is 1.65 bits per heavy atom. The van der Waals surface area contributed by atoms with Gasteiger partial charge in [-0.05, 0) is 43.2 Å². The van der Waals surface area contributed by atoms with E-state index >= 15 is 0 Å². The zero-order valence-corrected chi connectivity index (χ0v) is 13.2. The van der Waals surface area contributed by atoms with Crippen molar-refractivity contribution in [2.75, 3.05) is 11.9 Å². The van der Waals surface area contributed by atoms with Crippen LogP contribution in [-0.4, -0.2) is 12.6 Å². The third-order valence-electron chi connectivity index (χ3n) is 7.19. The van der Waals surface area contributed by atoms with E-state index in [0.29, 0.717) is 11.0 Å². The molecular formula is C19H27N. The van der Waals surface area contributed by atoms with Gasteiger partial charge in [0, 0.05) is 23.7 Å². The van der Waals surface area contributed by atoms with Gasteiger partial charge in [0.05, 0.1) is 0 Å². The Morgan fingerprint density at radius 3 is 2.40 bits per heavy atom. The first-order valence-corrected chi connectivity index (χ1v) is 8.40. The maximum atomic E-state index is 2.60. The second-order valence-corrected chi connectivity index (χ2v) is 7.89. The van der Waals surface area contributed by atoms with Crippen molar-refractivity contribution >= 4 is 5.69 Å². The minimum Gasteiger partial charge on any atom is -0.368 e. The quantitative estimate of drug-likeness (QED) is 0.657. The summed E-state index contributed by atoms with van der Waals surface area (Å²) in [6, 6.07) is 9.15. The van der Waals surface area contributed by atoms with Crippen LogP contribution in [0.25, 0.3) is 0 Å². The summed E-state index contributed by atoms with van der Waals surface area (Å²) in [6.07, 6.45) is 8.66. The molecule has 1 heteroatoms. The van der Waals surface area contributed by atoms with Crippen molar-refractivity contribution in [1.29, 1.82) is 0 Å². The van der Waals surface area contributed by atoms with E-state index in [9.17, 15) is 0 Å². The van der Waals surface area contributed by atoms with Gasteiger partial charge >= 0.3 is 0 Å². The summed E-state index contributed by atoms with van der Waals surface area (Å²) >= 11 is 0. The van der Waals surface area contributed by atoms with E-state index in [4.69, 9.17) is 0 Å². The van der Waals surface area contributed by atoms with Crippen LogP contribution < -0.4 is 4.90 Å². The zero-order chi connectivity index (χ0) is 14.0. The minimum absolute atomic E-state index is 0.315. The van der Waals surface area contributed by atoms with Gasteiger partial charge in [-0.1, -0.05) is 50.8 Å². The first kappa shape index (κ1) is 12.7. The molecule has 1 nitrogen and oxygen atoms in total. The normalized spacial score (nSPS) is 42.9. The van der Waals surface area contributed by atoms with Gasteiger partial charge in [-0.15, -0.1) is 0 Å². The highest BCUT2D eigenvalue weighted by atomic mass is 15.2. The molecule has 0 spiro atoms. The third-order valence-corrected chi connectivity index (χ3v) is 7.19. The van der Waals surface area contributed by atoms with Crippen LogP contribution in [-0.2, 0) is 5.41 Å². The van der Waals surface area contributed by atoms with Crippen LogP contribution in [0.3, 0.4) is 0 Å². The van der Waals surface area contributed by atoms with E-state index in [1.54, 1.807) is 5.56 Å². The average molecular weight is 269 g/mol. The number of rotatable bonds is 0. The topological polar surface area (TPSA) is 3.24 Å². The Labute approximate surface area is 123 Å². The van der Waals surface area contributed by atoms with Crippen LogP contribution in [0.4, 0.5) is 5.69 Å². The third kappa shape index (κ3) is 1.39. The lowest BCUT2D eigenvalue weighted by Crippen LogP contribution is -2.59. The second kappa shape index (κ2) is 4.02. The maximum absolute atomic E-state index is 2.60. The Kier molecular flexibility index (Phi) is 2.56. The molecule has 20 heavy (non-hydrogen) atoms. The molecule has 1 aromatic rings. The van der Waals surface area contributed by atoms with Gasteiger partial charge in [-0.3, -0.25) is 0 Å². The van der Waals surface area contributed by atoms with Crippen LogP contribution in [0.2, 0.25) is 0 Å². The Morgan fingerprint density at radius 1 is 1.00 bits per heavy atom. The van der Waals surface area contributed by atoms with Crippen LogP contribution in [0.5, 0.6) is 0 Å². The number of para-hydroxylation sites is 1. The van der Waals surface area contributed by atoms with Crippen molar-refractivity contribution < 1.29 is 0 Å². The van der Waals surface area contributed by atoms with Crippen molar-refractivity contribution in [3.05, 3.63) is 29.8 Å². The number of fused-ring (bicyclic) bond motifs is 4. The molecule has 1 aliphatic heterocycles. The van der Waals surface area contributed by atoms with E-state index in [1.807, 2.05) is 0 Å². The lowest BCUT2D eigenvalue weighted by Gasteiger charge is -2.55. The number of nitrogens with zero attached hydrogens (tertiary/aromatic N) is 1. The van der Waals surface area contributed by atoms with Crippen molar-refractivity contribution in [2.45, 2.75) is 63.3 Å². The van der Waals surface area contributed by atoms with E-state index in [1.165, 1.54) is 44.2 Å². The Bertz CT molecular complexity index is 536. The Hall–Kier alpha value is -0.980. The largest absolute Gasteiger partial charge is 0.368 e. The van der Waals surface area contributed by atoms with Gasteiger partial charge < -0.3 is 4.90 Å². The molecule has 0 amide bonds. The number of hydrogen-bond donors (Lipinski definition) is 0. The predicted molar refractivity (Wildman–Crippen MR) is 85.3 cm³/mol. The summed E-state index contributed by atoms with van der Waals surface area (Å²) in [6.45, 7) is 5.07. The molecule has 3 aliphatic rings. The molecule has 0 N–H and O–H groups in total. The number of likely N-dealkylation sites (N-methyl/N-ethyl adjacent to an activating group) is 1. The molecule has 0 aromatic heterocycles. The van der Waals surface area contributed by atoms with Crippen molar-refractivity contribution in [1.82, 2.24) is 0 Å². The molecule has 2 aliphatic carbocycles. The lowest BCUT2D eigenvalue weighted by molar-refractivity contribution is 0.0557. The maximum Gasteiger partial charge on any atom is 0.0468 e. The van der Waals surface area contributed by atoms with Crippen LogP contribution in [0.15, 0.2) is 24.3 Å². The highest BCUT2D eigenvalue weighted by Crippen LogP contribution is 2.61. The summed E-state index contributed by atoms with van der Waals surface area (Å²) in [5.74, 6) is 1.94. The molecule has 2 fully saturated rings. The predicted octanol–water partition coefficient (Wildman–Crippen LogP) is 4.75. The monoisotopic (exact) mass is 269 g/mol. The van der Waals surface area contributed by atoms with Crippen LogP contribution in [0, 0.1) is 11.8 Å². The van der Waals surface area contributed by atoms with Gasteiger partial charge in [-0.25, -0.2) is 0 Å². The molecule has 0 bridgehead atoms. The molecular weight excluding hydrogens is 242 g/mol.